The molecule has 28 heavy (non-hydrogen) atoms. The molecule has 8 heteroatoms. The van der Waals surface area contributed by atoms with E-state index in [1.807, 2.05) is 18.2 Å². The number of rotatable bonds is 11. The highest BCUT2D eigenvalue weighted by molar-refractivity contribution is 14.1. The number of hydrogen-bond acceptors (Lipinski definition) is 5. The van der Waals surface area contributed by atoms with Gasteiger partial charge < -0.3 is 9.47 Å². The zero-order valence-electron chi connectivity index (χ0n) is 15.6. The van der Waals surface area contributed by atoms with Gasteiger partial charge in [-0.25, -0.2) is 9.59 Å². The van der Waals surface area contributed by atoms with Crippen LogP contribution < -0.4 is 0 Å². The van der Waals surface area contributed by atoms with Crippen molar-refractivity contribution in [2.45, 2.75) is 51.6 Å². The van der Waals surface area contributed by atoms with Crippen LogP contribution in [-0.2, 0) is 14.3 Å². The molecule has 0 aliphatic heterocycles. The summed E-state index contributed by atoms with van der Waals surface area (Å²) < 4.78 is 13.8. The van der Waals surface area contributed by atoms with Crippen molar-refractivity contribution in [2.24, 2.45) is 0 Å². The molecule has 0 saturated heterocycles. The van der Waals surface area contributed by atoms with Gasteiger partial charge in [-0.1, -0.05) is 26.3 Å². The number of carbonyl (C=O) groups is 2. The number of carbonyl (C=O) groups excluding carboxylic acids is 2. The van der Waals surface area contributed by atoms with Crippen LogP contribution in [0.3, 0.4) is 0 Å². The van der Waals surface area contributed by atoms with E-state index in [9.17, 15) is 9.59 Å². The molecule has 0 amide bonds. The molecule has 1 aromatic carbocycles. The standard InChI is InChI=1S/C20H22I3NO4/c1-3-4-6-15(28-19(25)13(2)8-9-24)7-5-10-27-20(26)16-11-14(21)12-17(22)18(16)23/h11-12,15H,2-8,10H2,1H3. The van der Waals surface area contributed by atoms with Gasteiger partial charge in [-0.3, -0.25) is 0 Å². The van der Waals surface area contributed by atoms with Crippen LogP contribution in [0.4, 0.5) is 0 Å². The minimum absolute atomic E-state index is 0.0374. The lowest BCUT2D eigenvalue weighted by Crippen LogP contribution is -2.20. The Balaban J connectivity index is 2.55. The summed E-state index contributed by atoms with van der Waals surface area (Å²) in [5.74, 6) is -0.868. The third-order valence-corrected chi connectivity index (χ3v) is 7.52. The number of benzene rings is 1. The van der Waals surface area contributed by atoms with Crippen molar-refractivity contribution in [3.05, 3.63) is 40.6 Å². The van der Waals surface area contributed by atoms with E-state index in [1.54, 1.807) is 0 Å². The van der Waals surface area contributed by atoms with Crippen LogP contribution in [-0.4, -0.2) is 24.6 Å². The quantitative estimate of drug-likeness (QED) is 0.0921. The third kappa shape index (κ3) is 8.94. The molecule has 1 rings (SSSR count). The first-order chi connectivity index (χ1) is 13.3. The topological polar surface area (TPSA) is 76.4 Å². The SMILES string of the molecule is C=C(CC#N)C(=O)OC(CCCC)CCCOC(=O)c1cc(I)cc(I)c1I. The van der Waals surface area contributed by atoms with Crippen molar-refractivity contribution >= 4 is 79.7 Å². The monoisotopic (exact) mass is 721 g/mol. The molecule has 0 bridgehead atoms. The van der Waals surface area contributed by atoms with Crippen molar-refractivity contribution in [3.8, 4) is 6.07 Å². The van der Waals surface area contributed by atoms with E-state index < -0.39 is 5.97 Å². The lowest BCUT2D eigenvalue weighted by Gasteiger charge is -2.18. The van der Waals surface area contributed by atoms with Gasteiger partial charge in [0, 0.05) is 16.3 Å². The number of halogens is 3. The molecule has 1 atom stereocenters. The molecule has 0 aromatic heterocycles. The minimum Gasteiger partial charge on any atom is -0.462 e. The molecule has 5 nitrogen and oxygen atoms in total. The highest BCUT2D eigenvalue weighted by Crippen LogP contribution is 2.23. The summed E-state index contributed by atoms with van der Waals surface area (Å²) in [5.41, 5.74) is 0.733. The van der Waals surface area contributed by atoms with Crippen LogP contribution in [0.15, 0.2) is 24.3 Å². The van der Waals surface area contributed by atoms with E-state index in [0.717, 1.165) is 30.0 Å². The predicted octanol–water partition coefficient (Wildman–Crippen LogP) is 6.01. The fourth-order valence-corrected chi connectivity index (χ4v) is 4.73. The molecule has 0 aliphatic rings. The largest absolute Gasteiger partial charge is 0.462 e. The summed E-state index contributed by atoms with van der Waals surface area (Å²) in [6.07, 6.45) is 3.55. The highest BCUT2D eigenvalue weighted by Gasteiger charge is 2.18. The predicted molar refractivity (Wildman–Crippen MR) is 133 cm³/mol. The molecule has 0 aliphatic carbocycles. The normalized spacial score (nSPS) is 11.4. The van der Waals surface area contributed by atoms with Gasteiger partial charge in [-0.2, -0.15) is 5.26 Å². The van der Waals surface area contributed by atoms with Crippen LogP contribution in [0.25, 0.3) is 0 Å². The van der Waals surface area contributed by atoms with Crippen molar-refractivity contribution in [1.82, 2.24) is 0 Å². The Bertz CT molecular complexity index is 759. The maximum absolute atomic E-state index is 12.4. The fraction of sp³-hybridized carbons (Fsp3) is 0.450. The number of nitrogens with zero attached hydrogens (tertiary/aromatic N) is 1. The van der Waals surface area contributed by atoms with Gasteiger partial charge in [0.05, 0.1) is 24.7 Å². The summed E-state index contributed by atoms with van der Waals surface area (Å²) in [5, 5.41) is 8.67. The second-order valence-electron chi connectivity index (χ2n) is 6.14. The Morgan fingerprint density at radius 1 is 1.21 bits per heavy atom. The summed E-state index contributed by atoms with van der Waals surface area (Å²) in [6.45, 7) is 5.91. The van der Waals surface area contributed by atoms with Gasteiger partial charge in [0.15, 0.2) is 0 Å². The van der Waals surface area contributed by atoms with E-state index in [0.29, 0.717) is 18.4 Å². The number of unbranched alkanes of at least 4 members (excludes halogenated alkanes) is 1. The average Bonchev–Trinajstić information content (AvgIpc) is 2.65. The van der Waals surface area contributed by atoms with Crippen molar-refractivity contribution in [1.29, 1.82) is 5.26 Å². The minimum atomic E-state index is -0.525. The first-order valence-corrected chi connectivity index (χ1v) is 12.1. The van der Waals surface area contributed by atoms with E-state index in [4.69, 9.17) is 14.7 Å². The van der Waals surface area contributed by atoms with Crippen LogP contribution in [0.5, 0.6) is 0 Å². The molecule has 1 unspecified atom stereocenters. The highest BCUT2D eigenvalue weighted by atomic mass is 127. The summed E-state index contributed by atoms with van der Waals surface area (Å²) in [4.78, 5) is 24.3. The molecule has 0 heterocycles. The Hall–Kier alpha value is -0.420. The maximum atomic E-state index is 12.4. The lowest BCUT2D eigenvalue weighted by atomic mass is 10.1. The van der Waals surface area contributed by atoms with Gasteiger partial charge in [-0.15, -0.1) is 0 Å². The Morgan fingerprint density at radius 3 is 2.54 bits per heavy atom. The first-order valence-electron chi connectivity index (χ1n) is 8.87. The zero-order chi connectivity index (χ0) is 21.1. The van der Waals surface area contributed by atoms with E-state index >= 15 is 0 Å². The second-order valence-corrected chi connectivity index (χ2v) is 9.62. The molecule has 0 N–H and O–H groups in total. The first kappa shape index (κ1) is 25.6. The van der Waals surface area contributed by atoms with Gasteiger partial charge in [0.2, 0.25) is 0 Å². The molecule has 152 valence electrons. The molecule has 1 aromatic rings. The van der Waals surface area contributed by atoms with Crippen LogP contribution >= 0.6 is 67.8 Å². The molecule has 0 radical (unpaired) electrons. The number of hydrogen-bond donors (Lipinski definition) is 0. The van der Waals surface area contributed by atoms with Crippen molar-refractivity contribution in [2.75, 3.05) is 6.61 Å². The van der Waals surface area contributed by atoms with Gasteiger partial charge in [-0.05, 0) is 99.2 Å². The molecule has 0 fully saturated rings. The Kier molecular flexibility index (Phi) is 12.6. The molecule has 0 spiro atoms. The number of nitriles is 1. The van der Waals surface area contributed by atoms with Gasteiger partial charge in [0.1, 0.15) is 6.10 Å². The summed E-state index contributed by atoms with van der Waals surface area (Å²) in [6, 6.07) is 5.72. The summed E-state index contributed by atoms with van der Waals surface area (Å²) in [7, 11) is 0. The van der Waals surface area contributed by atoms with E-state index in [1.165, 1.54) is 0 Å². The fourth-order valence-electron chi connectivity index (χ4n) is 2.35. The lowest BCUT2D eigenvalue weighted by molar-refractivity contribution is -0.145. The average molecular weight is 721 g/mol. The summed E-state index contributed by atoms with van der Waals surface area (Å²) >= 11 is 6.53. The Labute approximate surface area is 207 Å². The van der Waals surface area contributed by atoms with Crippen LogP contribution in [0, 0.1) is 22.0 Å². The zero-order valence-corrected chi connectivity index (χ0v) is 22.1. The van der Waals surface area contributed by atoms with Gasteiger partial charge >= 0.3 is 11.9 Å². The van der Waals surface area contributed by atoms with Crippen molar-refractivity contribution < 1.29 is 19.1 Å². The van der Waals surface area contributed by atoms with Crippen LogP contribution in [0.2, 0.25) is 0 Å². The Morgan fingerprint density at radius 2 is 1.89 bits per heavy atom. The molecule has 0 saturated carbocycles. The smallest absolute Gasteiger partial charge is 0.339 e. The van der Waals surface area contributed by atoms with E-state index in [2.05, 4.69) is 81.3 Å². The molecular weight excluding hydrogens is 699 g/mol. The third-order valence-electron chi connectivity index (χ3n) is 3.85. The second kappa shape index (κ2) is 13.7. The number of ether oxygens (including phenoxy) is 2. The van der Waals surface area contributed by atoms with Crippen LogP contribution in [0.1, 0.15) is 55.8 Å². The van der Waals surface area contributed by atoms with E-state index in [-0.39, 0.29) is 30.7 Å². The maximum Gasteiger partial charge on any atom is 0.339 e. The van der Waals surface area contributed by atoms with Gasteiger partial charge in [0.25, 0.3) is 0 Å². The van der Waals surface area contributed by atoms with Crippen molar-refractivity contribution in [3.63, 3.8) is 0 Å². The number of esters is 2. The molecular formula is C20H22I3NO4.